The maximum absolute atomic E-state index is 4.95. The van der Waals surface area contributed by atoms with Crippen molar-refractivity contribution < 1.29 is 22.3 Å². The van der Waals surface area contributed by atoms with E-state index in [9.17, 15) is 0 Å². The second-order valence-corrected chi connectivity index (χ2v) is 9.79. The van der Waals surface area contributed by atoms with Gasteiger partial charge in [0, 0.05) is 14.1 Å². The Bertz CT molecular complexity index is 1070. The molecule has 3 nitrogen and oxygen atoms in total. The molecule has 1 aromatic heterocycles. The molecule has 0 atom stereocenters. The first-order valence-electron chi connectivity index (χ1n) is 10.5. The number of hydrogen-bond acceptors (Lipinski definition) is 1. The summed E-state index contributed by atoms with van der Waals surface area (Å²) in [5.41, 5.74) is 10.8. The first-order chi connectivity index (χ1) is 15.6. The molecule has 6 heteroatoms. The normalized spacial score (nSPS) is 12.5. The van der Waals surface area contributed by atoms with E-state index in [0.717, 1.165) is 34.2 Å². The Labute approximate surface area is 213 Å². The van der Waals surface area contributed by atoms with Crippen molar-refractivity contribution in [3.8, 4) is 0 Å². The van der Waals surface area contributed by atoms with Crippen molar-refractivity contribution in [1.82, 2.24) is 4.98 Å². The Morgan fingerprint density at radius 1 is 0.667 bits per heavy atom. The van der Waals surface area contributed by atoms with Gasteiger partial charge in [-0.25, -0.2) is 0 Å². The van der Waals surface area contributed by atoms with Crippen LogP contribution in [0.2, 0.25) is 0 Å². The molecule has 0 fully saturated rings. The van der Waals surface area contributed by atoms with Crippen molar-refractivity contribution in [3.05, 3.63) is 102 Å². The Morgan fingerprint density at radius 3 is 1.24 bits per heavy atom. The number of pyridine rings is 1. The fraction of sp³-hybridized carbons (Fsp3) is 0.222. The second-order valence-electron chi connectivity index (χ2n) is 7.97. The molecule has 1 heterocycles. The van der Waals surface area contributed by atoms with Crippen molar-refractivity contribution in [2.75, 3.05) is 0 Å². The van der Waals surface area contributed by atoms with E-state index in [0.29, 0.717) is 0 Å². The zero-order chi connectivity index (χ0) is 24.7. The number of aryl methyl sites for hydroxylation is 4. The van der Waals surface area contributed by atoms with Gasteiger partial charge >= 0.3 is 33.3 Å². The summed E-state index contributed by atoms with van der Waals surface area (Å²) in [6.07, 6.45) is 0. The zero-order valence-electron chi connectivity index (χ0n) is 20.1. The number of halogens is 2. The van der Waals surface area contributed by atoms with E-state index in [2.05, 4.69) is 92.0 Å². The molecule has 2 aromatic carbocycles. The van der Waals surface area contributed by atoms with E-state index in [-0.39, 0.29) is 13.1 Å². The molecule has 0 bridgehead atoms. The summed E-state index contributed by atoms with van der Waals surface area (Å²) < 4.78 is 3.97. The van der Waals surface area contributed by atoms with Crippen LogP contribution < -0.4 is 0 Å². The standard InChI is InChI=1S/C27H31N3.2ClH.Fe/c1-18-12-9-13-19(2)26(18)29(7)22(5)24-16-11-17-25(28-24)23(6)30(8)27-20(3)14-10-15-21(27)4;;;/h9-17H,7-8H2,1-6H3;2*1H;/q;;;+2/p-2. The first-order valence-corrected chi connectivity index (χ1v) is 13.5. The Balaban J connectivity index is 0.00000122. The van der Waals surface area contributed by atoms with E-state index in [1.54, 1.807) is 0 Å². The van der Waals surface area contributed by atoms with Crippen molar-refractivity contribution in [2.45, 2.75) is 41.5 Å². The maximum atomic E-state index is 4.95. The number of rotatable bonds is 4. The fourth-order valence-electron chi connectivity index (χ4n) is 3.91. The Hall–Kier alpha value is -2.23. The monoisotopic (exact) mass is 523 g/mol. The van der Waals surface area contributed by atoms with Crippen molar-refractivity contribution in [3.63, 3.8) is 0 Å². The number of aromatic nitrogens is 1. The molecule has 0 amide bonds. The number of benzene rings is 2. The van der Waals surface area contributed by atoms with E-state index in [4.69, 9.17) is 25.2 Å². The minimum absolute atomic E-state index is 0.194. The molecule has 33 heavy (non-hydrogen) atoms. The fourth-order valence-corrected chi connectivity index (χ4v) is 3.91. The van der Waals surface area contributed by atoms with Gasteiger partial charge in [0.1, 0.15) is 22.8 Å². The first kappa shape index (κ1) is 27.0. The van der Waals surface area contributed by atoms with Gasteiger partial charge in [-0.15, -0.1) is 0 Å². The van der Waals surface area contributed by atoms with Crippen molar-refractivity contribution >= 4 is 43.0 Å². The van der Waals surface area contributed by atoms with Crippen LogP contribution in [0.25, 0.3) is 0 Å². The van der Waals surface area contributed by atoms with Crippen LogP contribution in [0.5, 0.6) is 0 Å². The van der Waals surface area contributed by atoms with Crippen molar-refractivity contribution in [1.29, 1.82) is 0 Å². The van der Waals surface area contributed by atoms with Crippen LogP contribution in [0.1, 0.15) is 47.5 Å². The summed E-state index contributed by atoms with van der Waals surface area (Å²) in [5, 5.41) is 0. The van der Waals surface area contributed by atoms with E-state index >= 15 is 0 Å². The molecule has 0 saturated heterocycles. The van der Waals surface area contributed by atoms with E-state index in [1.165, 1.54) is 22.3 Å². The van der Waals surface area contributed by atoms with Crippen molar-refractivity contribution in [2.24, 2.45) is 0 Å². The van der Waals surface area contributed by atoms with Crippen LogP contribution in [0.15, 0.2) is 54.6 Å². The third-order valence-electron chi connectivity index (χ3n) is 5.72. The van der Waals surface area contributed by atoms with E-state index in [1.807, 2.05) is 27.4 Å². The van der Waals surface area contributed by atoms with Crippen LogP contribution >= 0.6 is 20.2 Å². The summed E-state index contributed by atoms with van der Waals surface area (Å²) in [4.78, 5) is 4.95. The van der Waals surface area contributed by atoms with Gasteiger partial charge in [-0.1, -0.05) is 42.5 Å². The van der Waals surface area contributed by atoms with Gasteiger partial charge in [-0.05, 0) is 75.9 Å². The van der Waals surface area contributed by atoms with Gasteiger partial charge in [-0.3, -0.25) is 4.98 Å². The van der Waals surface area contributed by atoms with E-state index < -0.39 is 0 Å². The molecule has 176 valence electrons. The molecule has 3 aromatic rings. The SMILES string of the molecule is [CH2-][N+](=C(C)c1cccc(C(C)=[N+]([CH2-])c2c(C)cccc2C)n1)c1c(C)cccc1C.[Cl][Fe][Cl]. The van der Waals surface area contributed by atoms with Gasteiger partial charge in [0.2, 0.25) is 0 Å². The predicted octanol–water partition coefficient (Wildman–Crippen LogP) is 7.58. The molecule has 0 aliphatic heterocycles. The van der Waals surface area contributed by atoms with Gasteiger partial charge < -0.3 is 9.15 Å². The molecule has 0 unspecified atom stereocenters. The van der Waals surface area contributed by atoms with Gasteiger partial charge in [0.05, 0.1) is 11.4 Å². The quantitative estimate of drug-likeness (QED) is 0.149. The van der Waals surface area contributed by atoms with Gasteiger partial charge in [-0.2, -0.15) is 0 Å². The molecule has 3 rings (SSSR count). The molecule has 0 spiro atoms. The topological polar surface area (TPSA) is 18.9 Å². The van der Waals surface area contributed by atoms with Crippen LogP contribution in [0, 0.1) is 41.8 Å². The predicted molar refractivity (Wildman–Crippen MR) is 138 cm³/mol. The molecule has 0 N–H and O–H groups in total. The molecular formula is C27H31Cl2FeN3. The number of para-hydroxylation sites is 2. The molecule has 0 saturated carbocycles. The van der Waals surface area contributed by atoms with Crippen LogP contribution in [0.4, 0.5) is 11.4 Å². The summed E-state index contributed by atoms with van der Waals surface area (Å²) in [6, 6.07) is 18.7. The average molecular weight is 524 g/mol. The summed E-state index contributed by atoms with van der Waals surface area (Å²) in [6.45, 7) is 12.6. The second kappa shape index (κ2) is 12.3. The minimum atomic E-state index is 0.194. The summed E-state index contributed by atoms with van der Waals surface area (Å²) in [5.74, 6) is 0. The molecular weight excluding hydrogens is 493 g/mol. The van der Waals surface area contributed by atoms with Gasteiger partial charge in [0.25, 0.3) is 0 Å². The van der Waals surface area contributed by atoms with Crippen LogP contribution in [-0.4, -0.2) is 25.6 Å². The third-order valence-corrected chi connectivity index (χ3v) is 5.72. The third kappa shape index (κ3) is 6.43. The molecule has 0 aliphatic carbocycles. The van der Waals surface area contributed by atoms with Crippen LogP contribution in [0.3, 0.4) is 0 Å². The molecule has 0 radical (unpaired) electrons. The summed E-state index contributed by atoms with van der Waals surface area (Å²) >= 11 is 0.194. The average Bonchev–Trinajstić information content (AvgIpc) is 2.78. The zero-order valence-corrected chi connectivity index (χ0v) is 22.7. The Morgan fingerprint density at radius 2 is 0.939 bits per heavy atom. The molecule has 0 aliphatic rings. The Kier molecular flexibility index (Phi) is 10.1. The summed E-state index contributed by atoms with van der Waals surface area (Å²) in [7, 11) is 18.2. The van der Waals surface area contributed by atoms with Gasteiger partial charge in [0.15, 0.2) is 0 Å². The number of nitrogens with zero attached hydrogens (tertiary/aromatic N) is 3. The number of hydrogen-bond donors (Lipinski definition) is 0. The van der Waals surface area contributed by atoms with Crippen LogP contribution in [-0.2, 0) is 13.1 Å².